The third-order valence-electron chi connectivity index (χ3n) is 3.22. The van der Waals surface area contributed by atoms with Crippen molar-refractivity contribution in [2.75, 3.05) is 20.3 Å². The van der Waals surface area contributed by atoms with Crippen LogP contribution in [-0.4, -0.2) is 40.6 Å². The molecular weight excluding hydrogens is 392 g/mol. The molecule has 0 radical (unpaired) electrons. The summed E-state index contributed by atoms with van der Waals surface area (Å²) in [6.07, 6.45) is 0. The summed E-state index contributed by atoms with van der Waals surface area (Å²) in [6.45, 7) is -0.239. The average Bonchev–Trinajstić information content (AvgIpc) is 3.15. The molecule has 3 N–H and O–H groups in total. The molecule has 10 heteroatoms. The number of amides is 1. The number of rotatable bonds is 7. The number of primary amides is 1. The molecule has 27 heavy (non-hydrogen) atoms. The van der Waals surface area contributed by atoms with Gasteiger partial charge in [0, 0.05) is 0 Å². The van der Waals surface area contributed by atoms with Crippen LogP contribution in [0, 0.1) is 11.8 Å². The maximum Gasteiger partial charge on any atom is 0.349 e. The van der Waals surface area contributed by atoms with Gasteiger partial charge in [0.1, 0.15) is 22.1 Å². The highest BCUT2D eigenvalue weighted by Crippen LogP contribution is 2.22. The molecule has 1 heterocycles. The van der Waals surface area contributed by atoms with Gasteiger partial charge in [0.15, 0.2) is 0 Å². The molecule has 0 aliphatic heterocycles. The summed E-state index contributed by atoms with van der Waals surface area (Å²) in [4.78, 5) is 22.7. The molecule has 0 bridgehead atoms. The minimum absolute atomic E-state index is 0.00986. The van der Waals surface area contributed by atoms with Gasteiger partial charge in [-0.2, -0.15) is 4.72 Å². The maximum absolute atomic E-state index is 12.2. The molecule has 2 rings (SSSR count). The summed E-state index contributed by atoms with van der Waals surface area (Å²) in [5, 5.41) is 1.48. The SMILES string of the molecule is COC(=O)c1sccc1S(=O)(=O)NCC#CCOc1ccccc1C(N)=O. The van der Waals surface area contributed by atoms with Gasteiger partial charge in [-0.15, -0.1) is 11.3 Å². The van der Waals surface area contributed by atoms with E-state index < -0.39 is 21.9 Å². The van der Waals surface area contributed by atoms with E-state index in [9.17, 15) is 18.0 Å². The minimum atomic E-state index is -3.90. The fourth-order valence-corrected chi connectivity index (χ4v) is 4.24. The molecule has 1 amide bonds. The zero-order valence-corrected chi connectivity index (χ0v) is 15.9. The highest BCUT2D eigenvalue weighted by atomic mass is 32.2. The molecule has 0 spiro atoms. The molecule has 0 atom stereocenters. The van der Waals surface area contributed by atoms with Gasteiger partial charge < -0.3 is 15.2 Å². The monoisotopic (exact) mass is 408 g/mol. The molecule has 0 saturated carbocycles. The Bertz CT molecular complexity index is 1000. The summed E-state index contributed by atoms with van der Waals surface area (Å²) >= 11 is 0.970. The van der Waals surface area contributed by atoms with Crippen molar-refractivity contribution in [2.24, 2.45) is 5.73 Å². The number of thiophene rings is 1. The highest BCUT2D eigenvalue weighted by Gasteiger charge is 2.23. The first-order chi connectivity index (χ1) is 12.9. The van der Waals surface area contributed by atoms with E-state index in [0.717, 1.165) is 11.3 Å². The summed E-state index contributed by atoms with van der Waals surface area (Å²) in [7, 11) is -2.73. The number of carbonyl (C=O) groups excluding carboxylic acids is 2. The number of sulfonamides is 1. The number of nitrogens with two attached hydrogens (primary N) is 1. The van der Waals surface area contributed by atoms with Crippen molar-refractivity contribution < 1.29 is 27.5 Å². The zero-order chi connectivity index (χ0) is 19.9. The van der Waals surface area contributed by atoms with Gasteiger partial charge in [-0.1, -0.05) is 24.0 Å². The number of methoxy groups -OCH3 is 1. The summed E-state index contributed by atoms with van der Waals surface area (Å²) in [5.74, 6) is 4.16. The topological polar surface area (TPSA) is 125 Å². The predicted octanol–water partition coefficient (Wildman–Crippen LogP) is 0.994. The highest BCUT2D eigenvalue weighted by molar-refractivity contribution is 7.89. The van der Waals surface area contributed by atoms with Gasteiger partial charge >= 0.3 is 5.97 Å². The van der Waals surface area contributed by atoms with E-state index >= 15 is 0 Å². The van der Waals surface area contributed by atoms with Crippen molar-refractivity contribution >= 4 is 33.2 Å². The second-order valence-corrected chi connectivity index (χ2v) is 7.58. The van der Waals surface area contributed by atoms with Crippen molar-refractivity contribution in [1.29, 1.82) is 0 Å². The number of ether oxygens (including phenoxy) is 2. The number of para-hydroxylation sites is 1. The molecule has 1 aromatic heterocycles. The first-order valence-electron chi connectivity index (χ1n) is 7.49. The number of benzene rings is 1. The standard InChI is InChI=1S/C17H16N2O6S2/c1-24-17(21)15-14(8-11-26-15)27(22,23)19-9-4-5-10-25-13-7-3-2-6-12(13)16(18)20/h2-3,6-8,11,19H,9-10H2,1H3,(H2,18,20). The fraction of sp³-hybridized carbons (Fsp3) is 0.176. The number of hydrogen-bond acceptors (Lipinski definition) is 7. The first-order valence-corrected chi connectivity index (χ1v) is 9.86. The molecule has 0 fully saturated rings. The Morgan fingerprint density at radius 2 is 1.96 bits per heavy atom. The van der Waals surface area contributed by atoms with Gasteiger partial charge in [0.05, 0.1) is 19.2 Å². The molecule has 0 saturated heterocycles. The number of carbonyl (C=O) groups is 2. The minimum Gasteiger partial charge on any atom is -0.480 e. The molecule has 8 nitrogen and oxygen atoms in total. The van der Waals surface area contributed by atoms with E-state index in [-0.39, 0.29) is 28.5 Å². The van der Waals surface area contributed by atoms with Crippen LogP contribution in [0.2, 0.25) is 0 Å². The second-order valence-electron chi connectivity index (χ2n) is 4.93. The molecule has 142 valence electrons. The van der Waals surface area contributed by atoms with E-state index in [1.54, 1.807) is 18.2 Å². The van der Waals surface area contributed by atoms with Crippen LogP contribution in [0.15, 0.2) is 40.6 Å². The van der Waals surface area contributed by atoms with Gasteiger partial charge in [-0.3, -0.25) is 4.79 Å². The Labute approximate surface area is 160 Å². The van der Waals surface area contributed by atoms with Crippen LogP contribution in [-0.2, 0) is 14.8 Å². The lowest BCUT2D eigenvalue weighted by molar-refractivity contribution is 0.0602. The van der Waals surface area contributed by atoms with E-state index in [1.165, 1.54) is 24.6 Å². The van der Waals surface area contributed by atoms with Gasteiger partial charge in [0.25, 0.3) is 5.91 Å². The number of nitrogens with one attached hydrogen (secondary N) is 1. The Hall–Kier alpha value is -2.87. The van der Waals surface area contributed by atoms with Gasteiger partial charge in [0.2, 0.25) is 10.0 Å². The number of hydrogen-bond donors (Lipinski definition) is 2. The lowest BCUT2D eigenvalue weighted by Gasteiger charge is -2.06. The van der Waals surface area contributed by atoms with Crippen molar-refractivity contribution in [3.63, 3.8) is 0 Å². The van der Waals surface area contributed by atoms with Gasteiger partial charge in [-0.05, 0) is 23.6 Å². The summed E-state index contributed by atoms with van der Waals surface area (Å²) in [5.41, 5.74) is 5.47. The van der Waals surface area contributed by atoms with Crippen LogP contribution >= 0.6 is 11.3 Å². The molecule has 0 aliphatic rings. The van der Waals surface area contributed by atoms with Crippen molar-refractivity contribution in [3.05, 3.63) is 46.2 Å². The van der Waals surface area contributed by atoms with Crippen LogP contribution in [0.25, 0.3) is 0 Å². The van der Waals surface area contributed by atoms with E-state index in [1.807, 2.05) is 0 Å². The molecule has 0 aliphatic carbocycles. The lowest BCUT2D eigenvalue weighted by atomic mass is 10.2. The van der Waals surface area contributed by atoms with Crippen molar-refractivity contribution in [1.82, 2.24) is 4.72 Å². The zero-order valence-electron chi connectivity index (χ0n) is 14.2. The van der Waals surface area contributed by atoms with E-state index in [4.69, 9.17) is 10.5 Å². The predicted molar refractivity (Wildman–Crippen MR) is 99.1 cm³/mol. The quantitative estimate of drug-likeness (QED) is 0.520. The summed E-state index contributed by atoms with van der Waals surface area (Å²) in [6, 6.07) is 7.76. The van der Waals surface area contributed by atoms with Crippen LogP contribution in [0.4, 0.5) is 0 Å². The van der Waals surface area contributed by atoms with Crippen LogP contribution < -0.4 is 15.2 Å². The second kappa shape index (κ2) is 9.18. The Balaban J connectivity index is 1.93. The lowest BCUT2D eigenvalue weighted by Crippen LogP contribution is -2.25. The third kappa shape index (κ3) is 5.30. The van der Waals surface area contributed by atoms with E-state index in [0.29, 0.717) is 5.75 Å². The Morgan fingerprint density at radius 1 is 1.22 bits per heavy atom. The molecule has 1 aromatic carbocycles. The van der Waals surface area contributed by atoms with E-state index in [2.05, 4.69) is 21.3 Å². The Morgan fingerprint density at radius 3 is 2.67 bits per heavy atom. The molecule has 2 aromatic rings. The maximum atomic E-state index is 12.2. The molecular formula is C17H16N2O6S2. The van der Waals surface area contributed by atoms with Gasteiger partial charge in [-0.25, -0.2) is 13.2 Å². The fourth-order valence-electron chi connectivity index (χ4n) is 1.98. The molecule has 0 unspecified atom stereocenters. The first kappa shape index (κ1) is 20.4. The smallest absolute Gasteiger partial charge is 0.349 e. The van der Waals surface area contributed by atoms with Crippen LogP contribution in [0.5, 0.6) is 5.75 Å². The van der Waals surface area contributed by atoms with Crippen LogP contribution in [0.1, 0.15) is 20.0 Å². The third-order valence-corrected chi connectivity index (χ3v) is 5.68. The normalized spacial score (nSPS) is 10.6. The summed E-state index contributed by atoms with van der Waals surface area (Å²) < 4.78 is 36.7. The largest absolute Gasteiger partial charge is 0.480 e. The van der Waals surface area contributed by atoms with Crippen molar-refractivity contribution in [3.8, 4) is 17.6 Å². The van der Waals surface area contributed by atoms with Crippen molar-refractivity contribution in [2.45, 2.75) is 4.90 Å². The van der Waals surface area contributed by atoms with Crippen LogP contribution in [0.3, 0.4) is 0 Å². The average molecular weight is 408 g/mol. The Kier molecular flexibility index (Phi) is 6.95. The number of esters is 1.